The van der Waals surface area contributed by atoms with Crippen molar-refractivity contribution in [1.82, 2.24) is 16.0 Å². The first-order valence-corrected chi connectivity index (χ1v) is 7.41. The first-order chi connectivity index (χ1) is 10.1. The van der Waals surface area contributed by atoms with Gasteiger partial charge in [0.1, 0.15) is 0 Å². The molecule has 1 heterocycles. The summed E-state index contributed by atoms with van der Waals surface area (Å²) in [5, 5.41) is 8.84. The van der Waals surface area contributed by atoms with Gasteiger partial charge >= 0.3 is 0 Å². The molecule has 0 radical (unpaired) electrons. The Kier molecular flexibility index (Phi) is 7.35. The molecule has 22 heavy (non-hydrogen) atoms. The molecule has 5 nitrogen and oxygen atoms in total. The molecule has 0 aliphatic carbocycles. The highest BCUT2D eigenvalue weighted by Gasteiger charge is 2.28. The van der Waals surface area contributed by atoms with Crippen LogP contribution in [0.15, 0.2) is 24.3 Å². The quantitative estimate of drug-likeness (QED) is 0.686. The van der Waals surface area contributed by atoms with Crippen LogP contribution in [0.5, 0.6) is 0 Å². The summed E-state index contributed by atoms with van der Waals surface area (Å²) < 4.78 is 0. The van der Waals surface area contributed by atoms with Gasteiger partial charge < -0.3 is 16.0 Å². The molecule has 0 bridgehead atoms. The third kappa shape index (κ3) is 5.00. The molecule has 1 saturated heterocycles. The summed E-state index contributed by atoms with van der Waals surface area (Å²) in [6.45, 7) is 6.63. The van der Waals surface area contributed by atoms with Crippen molar-refractivity contribution in [2.45, 2.75) is 13.8 Å². The third-order valence-electron chi connectivity index (χ3n) is 3.92. The average molecular weight is 326 g/mol. The number of carbonyl (C=O) groups is 2. The smallest absolute Gasteiger partial charge is 0.251 e. The highest BCUT2D eigenvalue weighted by Crippen LogP contribution is 2.15. The fraction of sp³-hybridized carbons (Fsp3) is 0.500. The summed E-state index contributed by atoms with van der Waals surface area (Å²) in [6.07, 6.45) is 0. The van der Waals surface area contributed by atoms with Crippen molar-refractivity contribution in [3.05, 3.63) is 35.4 Å². The second-order valence-electron chi connectivity index (χ2n) is 5.62. The lowest BCUT2D eigenvalue weighted by atomic mass is 9.88. The molecule has 1 aliphatic rings. The predicted octanol–water partition coefficient (Wildman–Crippen LogP) is 1.12. The summed E-state index contributed by atoms with van der Waals surface area (Å²) in [6, 6.07) is 7.44. The number of carbonyl (C=O) groups excluding carboxylic acids is 2. The number of rotatable bonds is 6. The number of halogens is 1. The van der Waals surface area contributed by atoms with Gasteiger partial charge in [0.15, 0.2) is 0 Å². The van der Waals surface area contributed by atoms with Gasteiger partial charge in [0, 0.05) is 24.6 Å². The van der Waals surface area contributed by atoms with Crippen molar-refractivity contribution in [2.75, 3.05) is 26.2 Å². The zero-order valence-electron chi connectivity index (χ0n) is 13.0. The molecule has 1 fully saturated rings. The number of aryl methyl sites for hydroxylation is 1. The standard InChI is InChI=1S/C16H23N3O2.ClH/c1-11-4-3-5-13(8-11)16(21)19-7-6-18-15(20)12(2)14-9-17-10-14;/h3-5,8,12,14,17H,6-7,9-10H2,1-2H3,(H,18,20)(H,19,21);1H. The Balaban J connectivity index is 0.00000242. The molecular weight excluding hydrogens is 302 g/mol. The minimum Gasteiger partial charge on any atom is -0.354 e. The van der Waals surface area contributed by atoms with Gasteiger partial charge in [0.25, 0.3) is 5.91 Å². The summed E-state index contributed by atoms with van der Waals surface area (Å²) in [7, 11) is 0. The molecule has 122 valence electrons. The molecule has 1 aromatic rings. The van der Waals surface area contributed by atoms with Crippen LogP contribution in [0.1, 0.15) is 22.8 Å². The van der Waals surface area contributed by atoms with Crippen LogP contribution in [0.25, 0.3) is 0 Å². The molecule has 0 spiro atoms. The van der Waals surface area contributed by atoms with Crippen molar-refractivity contribution < 1.29 is 9.59 Å². The van der Waals surface area contributed by atoms with E-state index in [9.17, 15) is 9.59 Å². The Labute approximate surface area is 137 Å². The second-order valence-corrected chi connectivity index (χ2v) is 5.62. The van der Waals surface area contributed by atoms with Crippen molar-refractivity contribution in [3.63, 3.8) is 0 Å². The van der Waals surface area contributed by atoms with Crippen LogP contribution in [0, 0.1) is 18.8 Å². The summed E-state index contributed by atoms with van der Waals surface area (Å²) >= 11 is 0. The van der Waals surface area contributed by atoms with Crippen molar-refractivity contribution in [3.8, 4) is 0 Å². The van der Waals surface area contributed by atoms with Gasteiger partial charge in [0.05, 0.1) is 0 Å². The number of nitrogens with one attached hydrogen (secondary N) is 3. The highest BCUT2D eigenvalue weighted by atomic mass is 35.5. The monoisotopic (exact) mass is 325 g/mol. The topological polar surface area (TPSA) is 70.2 Å². The Hall–Kier alpha value is -1.59. The maximum absolute atomic E-state index is 11.9. The predicted molar refractivity (Wildman–Crippen MR) is 89.3 cm³/mol. The molecule has 1 atom stereocenters. The fourth-order valence-corrected chi connectivity index (χ4v) is 2.29. The first-order valence-electron chi connectivity index (χ1n) is 7.41. The number of benzene rings is 1. The van der Waals surface area contributed by atoms with Gasteiger partial charge in [-0.1, -0.05) is 24.6 Å². The lowest BCUT2D eigenvalue weighted by Gasteiger charge is -2.31. The van der Waals surface area contributed by atoms with E-state index in [4.69, 9.17) is 0 Å². The Morgan fingerprint density at radius 2 is 1.95 bits per heavy atom. The first kappa shape index (κ1) is 18.5. The fourth-order valence-electron chi connectivity index (χ4n) is 2.29. The van der Waals surface area contributed by atoms with Gasteiger partial charge in [-0.15, -0.1) is 12.4 Å². The van der Waals surface area contributed by atoms with E-state index in [0.717, 1.165) is 18.7 Å². The Morgan fingerprint density at radius 3 is 2.55 bits per heavy atom. The van der Waals surface area contributed by atoms with Crippen LogP contribution in [0.3, 0.4) is 0 Å². The van der Waals surface area contributed by atoms with E-state index in [1.807, 2.05) is 32.0 Å². The molecule has 0 aromatic heterocycles. The lowest BCUT2D eigenvalue weighted by Crippen LogP contribution is -2.50. The Morgan fingerprint density at radius 1 is 1.27 bits per heavy atom. The lowest BCUT2D eigenvalue weighted by molar-refractivity contribution is -0.126. The second kappa shape index (κ2) is 8.76. The molecular formula is C16H24ClN3O2. The maximum atomic E-state index is 11.9. The van der Waals surface area contributed by atoms with Crippen molar-refractivity contribution in [2.24, 2.45) is 11.8 Å². The largest absolute Gasteiger partial charge is 0.354 e. The minimum absolute atomic E-state index is 0. The normalized spacial score (nSPS) is 15.2. The van der Waals surface area contributed by atoms with Gasteiger partial charge in [-0.2, -0.15) is 0 Å². The average Bonchev–Trinajstić information content (AvgIpc) is 2.41. The van der Waals surface area contributed by atoms with Gasteiger partial charge in [-0.05, 0) is 38.1 Å². The molecule has 3 N–H and O–H groups in total. The highest BCUT2D eigenvalue weighted by molar-refractivity contribution is 5.94. The van der Waals surface area contributed by atoms with Crippen LogP contribution in [-0.4, -0.2) is 38.0 Å². The molecule has 1 unspecified atom stereocenters. The SMILES string of the molecule is Cc1cccc(C(=O)NCCNC(=O)C(C)C2CNC2)c1.Cl. The van der Waals surface area contributed by atoms with Crippen molar-refractivity contribution in [1.29, 1.82) is 0 Å². The Bertz CT molecular complexity index is 518. The summed E-state index contributed by atoms with van der Waals surface area (Å²) in [5.74, 6) is 0.418. The molecule has 1 aliphatic heterocycles. The van der Waals surface area contributed by atoms with E-state index >= 15 is 0 Å². The molecule has 2 rings (SSSR count). The van der Waals surface area contributed by atoms with E-state index in [-0.39, 0.29) is 30.1 Å². The zero-order chi connectivity index (χ0) is 15.2. The summed E-state index contributed by atoms with van der Waals surface area (Å²) in [5.41, 5.74) is 1.70. The minimum atomic E-state index is -0.107. The van der Waals surface area contributed by atoms with Crippen LogP contribution < -0.4 is 16.0 Å². The van der Waals surface area contributed by atoms with E-state index in [0.29, 0.717) is 24.6 Å². The van der Waals surface area contributed by atoms with Gasteiger partial charge in [-0.3, -0.25) is 9.59 Å². The maximum Gasteiger partial charge on any atom is 0.251 e. The molecule has 2 amide bonds. The number of hydrogen-bond donors (Lipinski definition) is 3. The van der Waals surface area contributed by atoms with Gasteiger partial charge in [-0.25, -0.2) is 0 Å². The third-order valence-corrected chi connectivity index (χ3v) is 3.92. The van der Waals surface area contributed by atoms with E-state index in [1.54, 1.807) is 6.07 Å². The summed E-state index contributed by atoms with van der Waals surface area (Å²) in [4.78, 5) is 23.8. The van der Waals surface area contributed by atoms with Crippen LogP contribution in [0.4, 0.5) is 0 Å². The molecule has 6 heteroatoms. The van der Waals surface area contributed by atoms with E-state index in [2.05, 4.69) is 16.0 Å². The number of amides is 2. The van der Waals surface area contributed by atoms with Crippen LogP contribution in [-0.2, 0) is 4.79 Å². The van der Waals surface area contributed by atoms with Crippen LogP contribution >= 0.6 is 12.4 Å². The van der Waals surface area contributed by atoms with E-state index in [1.165, 1.54) is 0 Å². The van der Waals surface area contributed by atoms with Gasteiger partial charge in [0.2, 0.25) is 5.91 Å². The zero-order valence-corrected chi connectivity index (χ0v) is 13.8. The molecule has 1 aromatic carbocycles. The molecule has 0 saturated carbocycles. The van der Waals surface area contributed by atoms with Crippen molar-refractivity contribution >= 4 is 24.2 Å². The number of hydrogen-bond acceptors (Lipinski definition) is 3. The van der Waals surface area contributed by atoms with E-state index < -0.39 is 0 Å². The van der Waals surface area contributed by atoms with Crippen LogP contribution in [0.2, 0.25) is 0 Å².